The zero-order valence-corrected chi connectivity index (χ0v) is 19.3. The summed E-state index contributed by atoms with van der Waals surface area (Å²) in [6.45, 7) is 3.03. The lowest BCUT2D eigenvalue weighted by Gasteiger charge is -2.10. The molecule has 10 nitrogen and oxygen atoms in total. The number of aryl methyl sites for hydroxylation is 2. The highest BCUT2D eigenvalue weighted by atomic mass is 32.1. The molecule has 4 aromatic heterocycles. The number of nitrogens with zero attached hydrogens (tertiary/aromatic N) is 4. The van der Waals surface area contributed by atoms with Crippen molar-refractivity contribution in [3.8, 4) is 10.4 Å². The highest BCUT2D eigenvalue weighted by Gasteiger charge is 2.26. The van der Waals surface area contributed by atoms with E-state index in [0.717, 1.165) is 20.9 Å². The second-order valence-corrected chi connectivity index (χ2v) is 9.55. The van der Waals surface area contributed by atoms with Crippen LogP contribution in [0.2, 0.25) is 0 Å². The van der Waals surface area contributed by atoms with Gasteiger partial charge in [0.2, 0.25) is 5.91 Å². The van der Waals surface area contributed by atoms with Crippen LogP contribution in [0.3, 0.4) is 0 Å². The van der Waals surface area contributed by atoms with Crippen molar-refractivity contribution in [2.45, 2.75) is 26.8 Å². The molecule has 0 saturated carbocycles. The Hall–Kier alpha value is -3.78. The number of aromatic nitrogens is 3. The predicted octanol–water partition coefficient (Wildman–Crippen LogP) is 4.42. The fourth-order valence-corrected chi connectivity index (χ4v) is 5.26. The topological polar surface area (TPSA) is 146 Å². The minimum absolute atomic E-state index is 0.0474. The fourth-order valence-electron chi connectivity index (χ4n) is 3.35. The number of halogens is 2. The van der Waals surface area contributed by atoms with Crippen LogP contribution in [0.5, 0.6) is 0 Å². The number of alkyl halides is 2. The van der Waals surface area contributed by atoms with E-state index < -0.39 is 34.7 Å². The van der Waals surface area contributed by atoms with E-state index in [1.165, 1.54) is 23.5 Å². The molecule has 3 N–H and O–H groups in total. The molecule has 34 heavy (non-hydrogen) atoms. The number of amides is 2. The molecule has 4 rings (SSSR count). The number of hydrogen-bond donors (Lipinski definition) is 2. The van der Waals surface area contributed by atoms with Crippen LogP contribution in [0, 0.1) is 24.0 Å². The van der Waals surface area contributed by atoms with Crippen LogP contribution in [0.25, 0.3) is 20.7 Å². The second-order valence-electron chi connectivity index (χ2n) is 7.26. The van der Waals surface area contributed by atoms with E-state index in [9.17, 15) is 28.5 Å². The van der Waals surface area contributed by atoms with Gasteiger partial charge in [0.05, 0.1) is 22.5 Å². The zero-order chi connectivity index (χ0) is 24.7. The molecule has 0 radical (unpaired) electrons. The Balaban J connectivity index is 1.82. The third-order valence-electron chi connectivity index (χ3n) is 4.85. The Morgan fingerprint density at radius 3 is 2.56 bits per heavy atom. The fraction of sp³-hybridized carbons (Fsp3) is 0.200. The van der Waals surface area contributed by atoms with E-state index in [1.54, 1.807) is 13.0 Å². The van der Waals surface area contributed by atoms with Gasteiger partial charge < -0.3 is 21.2 Å². The number of thiophene rings is 2. The Kier molecular flexibility index (Phi) is 6.10. The summed E-state index contributed by atoms with van der Waals surface area (Å²) >= 11 is 2.15. The summed E-state index contributed by atoms with van der Waals surface area (Å²) in [6.07, 6.45) is -2.85. The lowest BCUT2D eigenvalue weighted by Crippen LogP contribution is -2.22. The number of nitrogens with one attached hydrogen (secondary N) is 1. The van der Waals surface area contributed by atoms with Gasteiger partial charge in [-0.3, -0.25) is 9.59 Å². The van der Waals surface area contributed by atoms with Crippen molar-refractivity contribution in [1.29, 1.82) is 0 Å². The van der Waals surface area contributed by atoms with Gasteiger partial charge in [-0.25, -0.2) is 13.8 Å². The number of carbonyl (C=O) groups excluding carboxylic acids is 2. The molecule has 176 valence electrons. The molecule has 0 saturated heterocycles. The summed E-state index contributed by atoms with van der Waals surface area (Å²) in [7, 11) is 0. The normalized spacial score (nSPS) is 11.3. The van der Waals surface area contributed by atoms with Crippen molar-refractivity contribution in [2.24, 2.45) is 5.73 Å². The third-order valence-corrected chi connectivity index (χ3v) is 6.98. The van der Waals surface area contributed by atoms with Gasteiger partial charge in [0, 0.05) is 20.7 Å². The molecule has 0 unspecified atom stereocenters. The number of primary amides is 1. The first-order valence-corrected chi connectivity index (χ1v) is 11.3. The minimum atomic E-state index is -2.85. The van der Waals surface area contributed by atoms with E-state index in [0.29, 0.717) is 21.5 Å². The third kappa shape index (κ3) is 4.36. The number of rotatable bonds is 7. The maximum absolute atomic E-state index is 13.5. The van der Waals surface area contributed by atoms with E-state index in [4.69, 9.17) is 5.73 Å². The maximum atomic E-state index is 13.5. The first kappa shape index (κ1) is 23.4. The Morgan fingerprint density at radius 2 is 2.00 bits per heavy atom. The molecule has 0 spiro atoms. The average molecular weight is 507 g/mol. The summed E-state index contributed by atoms with van der Waals surface area (Å²) in [5.41, 5.74) is 5.85. The molecule has 0 aliphatic carbocycles. The van der Waals surface area contributed by atoms with Crippen molar-refractivity contribution in [3.05, 3.63) is 55.5 Å². The molecule has 0 bridgehead atoms. The second kappa shape index (κ2) is 8.87. The monoisotopic (exact) mass is 506 g/mol. The molecule has 0 fully saturated rings. The number of carbonyl (C=O) groups is 2. The molecule has 4 aromatic rings. The molecule has 0 atom stereocenters. The lowest BCUT2D eigenvalue weighted by atomic mass is 10.1. The minimum Gasteiger partial charge on any atom is -0.365 e. The first-order chi connectivity index (χ1) is 16.0. The Bertz CT molecular complexity index is 1460. The molecule has 4 heterocycles. The van der Waals surface area contributed by atoms with Gasteiger partial charge in [-0.05, 0) is 37.0 Å². The highest BCUT2D eigenvalue weighted by molar-refractivity contribution is 7.21. The first-order valence-electron chi connectivity index (χ1n) is 9.66. The number of hydrogen-bond acceptors (Lipinski definition) is 8. The van der Waals surface area contributed by atoms with Gasteiger partial charge in [0.25, 0.3) is 12.3 Å². The van der Waals surface area contributed by atoms with Crippen molar-refractivity contribution >= 4 is 56.2 Å². The predicted molar refractivity (Wildman–Crippen MR) is 123 cm³/mol. The summed E-state index contributed by atoms with van der Waals surface area (Å²) in [4.78, 5) is 40.9. The molecule has 0 aromatic carbocycles. The quantitative estimate of drug-likeness (QED) is 0.280. The van der Waals surface area contributed by atoms with Crippen LogP contribution < -0.4 is 11.1 Å². The molecular formula is C20H16F2N6O4S2. The van der Waals surface area contributed by atoms with Gasteiger partial charge in [-0.2, -0.15) is 4.68 Å². The smallest absolute Gasteiger partial charge is 0.365 e. The number of nitro groups is 1. The van der Waals surface area contributed by atoms with E-state index in [-0.39, 0.29) is 21.9 Å². The summed E-state index contributed by atoms with van der Waals surface area (Å²) in [5.74, 6) is -1.92. The Labute approximate surface area is 198 Å². The van der Waals surface area contributed by atoms with Crippen LogP contribution in [0.4, 0.5) is 20.3 Å². The standard InChI is InChI=1S/C20H16F2N6O4S2/c1-8-5-13(28(31)32)26-27(8)7-14(29)25-16-15-10(12-4-3-9(2)33-12)6-11(18(21)22)24-20(15)34-17(16)19(23)30/h3-6,18H,7H2,1-2H3,(H2,23,30)(H,25,29). The molecule has 0 aliphatic rings. The van der Waals surface area contributed by atoms with E-state index >= 15 is 0 Å². The lowest BCUT2D eigenvalue weighted by molar-refractivity contribution is -0.389. The number of fused-ring (bicyclic) bond motifs is 1. The molecule has 0 aliphatic heterocycles. The van der Waals surface area contributed by atoms with Crippen LogP contribution in [-0.4, -0.2) is 31.5 Å². The van der Waals surface area contributed by atoms with Gasteiger partial charge in [-0.1, -0.05) is 0 Å². The Morgan fingerprint density at radius 1 is 1.26 bits per heavy atom. The van der Waals surface area contributed by atoms with Crippen molar-refractivity contribution in [1.82, 2.24) is 14.8 Å². The summed E-state index contributed by atoms with van der Waals surface area (Å²) in [6, 6.07) is 6.02. The summed E-state index contributed by atoms with van der Waals surface area (Å²) < 4.78 is 28.2. The molecule has 14 heteroatoms. The largest absolute Gasteiger partial charge is 0.390 e. The zero-order valence-electron chi connectivity index (χ0n) is 17.7. The molecular weight excluding hydrogens is 490 g/mol. The highest BCUT2D eigenvalue weighted by Crippen LogP contribution is 2.44. The van der Waals surface area contributed by atoms with Gasteiger partial charge >= 0.3 is 5.82 Å². The number of anilines is 1. The average Bonchev–Trinajstić information content (AvgIpc) is 3.45. The number of nitrogens with two attached hydrogens (primary N) is 1. The van der Waals surface area contributed by atoms with E-state index in [1.807, 2.05) is 13.0 Å². The van der Waals surface area contributed by atoms with E-state index in [2.05, 4.69) is 15.4 Å². The van der Waals surface area contributed by atoms with Crippen LogP contribution in [0.1, 0.15) is 32.4 Å². The van der Waals surface area contributed by atoms with Crippen LogP contribution >= 0.6 is 22.7 Å². The van der Waals surface area contributed by atoms with Crippen molar-refractivity contribution < 1.29 is 23.3 Å². The summed E-state index contributed by atoms with van der Waals surface area (Å²) in [5, 5.41) is 17.6. The van der Waals surface area contributed by atoms with Crippen molar-refractivity contribution in [2.75, 3.05) is 5.32 Å². The molecule has 2 amide bonds. The van der Waals surface area contributed by atoms with Crippen molar-refractivity contribution in [3.63, 3.8) is 0 Å². The SMILES string of the molecule is Cc1ccc(-c2cc(C(F)F)nc3sc(C(N)=O)c(NC(=O)Cn4nc([N+](=O)[O-])cc4C)c23)s1. The van der Waals surface area contributed by atoms with Gasteiger partial charge in [0.15, 0.2) is 0 Å². The van der Waals surface area contributed by atoms with Crippen LogP contribution in [-0.2, 0) is 11.3 Å². The number of pyridine rings is 1. The van der Waals surface area contributed by atoms with Crippen LogP contribution in [0.15, 0.2) is 24.3 Å². The maximum Gasteiger partial charge on any atom is 0.390 e. The van der Waals surface area contributed by atoms with Gasteiger partial charge in [-0.15, -0.1) is 22.7 Å². The van der Waals surface area contributed by atoms with Gasteiger partial charge in [0.1, 0.15) is 21.9 Å².